The van der Waals surface area contributed by atoms with Crippen molar-refractivity contribution in [1.82, 2.24) is 19.4 Å². The largest absolute Gasteiger partial charge is 0.341 e. The summed E-state index contributed by atoms with van der Waals surface area (Å²) in [7, 11) is 0. The molecule has 3 heterocycles. The topological polar surface area (TPSA) is 97.2 Å². The van der Waals surface area contributed by atoms with Gasteiger partial charge in [-0.15, -0.1) is 11.3 Å². The van der Waals surface area contributed by atoms with Crippen LogP contribution in [0.15, 0.2) is 47.0 Å². The number of hydrogen-bond donors (Lipinski definition) is 1. The molecule has 4 rings (SSSR count). The zero-order chi connectivity index (χ0) is 19.5. The van der Waals surface area contributed by atoms with Gasteiger partial charge < -0.3 is 10.2 Å². The van der Waals surface area contributed by atoms with Crippen molar-refractivity contribution < 1.29 is 9.59 Å². The van der Waals surface area contributed by atoms with Crippen LogP contribution >= 0.6 is 11.3 Å². The molecule has 1 saturated heterocycles. The van der Waals surface area contributed by atoms with Crippen molar-refractivity contribution in [3.8, 4) is 0 Å². The van der Waals surface area contributed by atoms with Crippen molar-refractivity contribution in [2.75, 3.05) is 18.4 Å². The highest BCUT2D eigenvalue weighted by Crippen LogP contribution is 2.20. The number of carbonyl (C=O) groups excluding carboxylic acids is 2. The van der Waals surface area contributed by atoms with E-state index in [9.17, 15) is 14.4 Å². The van der Waals surface area contributed by atoms with Gasteiger partial charge in [0.1, 0.15) is 6.54 Å². The molecular weight excluding hydrogens is 378 g/mol. The number of piperidine rings is 1. The first-order valence-electron chi connectivity index (χ1n) is 9.04. The molecule has 9 heteroatoms. The van der Waals surface area contributed by atoms with Crippen molar-refractivity contribution >= 4 is 39.2 Å². The van der Waals surface area contributed by atoms with Crippen molar-refractivity contribution in [3.63, 3.8) is 0 Å². The lowest BCUT2D eigenvalue weighted by Gasteiger charge is -2.31. The van der Waals surface area contributed by atoms with Gasteiger partial charge in [0.05, 0.1) is 17.2 Å². The minimum atomic E-state index is -0.225. The number of rotatable bonds is 4. The SMILES string of the molecule is O=C(Nc1nccs1)C1CCN(C(=O)Cn2cnc3ccccc3c2=O)CC1. The monoisotopic (exact) mass is 397 g/mol. The van der Waals surface area contributed by atoms with Crippen LogP contribution in [0.2, 0.25) is 0 Å². The van der Waals surface area contributed by atoms with Crippen LogP contribution in [0, 0.1) is 5.92 Å². The summed E-state index contributed by atoms with van der Waals surface area (Å²) in [5.41, 5.74) is 0.389. The summed E-state index contributed by atoms with van der Waals surface area (Å²) in [5.74, 6) is -0.340. The maximum atomic E-state index is 12.6. The first-order valence-corrected chi connectivity index (χ1v) is 9.92. The first-order chi connectivity index (χ1) is 13.6. The molecule has 0 bridgehead atoms. The number of anilines is 1. The van der Waals surface area contributed by atoms with E-state index < -0.39 is 0 Å². The Labute approximate surface area is 164 Å². The fourth-order valence-electron chi connectivity index (χ4n) is 3.35. The second-order valence-electron chi connectivity index (χ2n) is 6.68. The average Bonchev–Trinajstić information content (AvgIpc) is 3.23. The van der Waals surface area contributed by atoms with Gasteiger partial charge in [-0.2, -0.15) is 0 Å². The Hall–Kier alpha value is -3.07. The third kappa shape index (κ3) is 3.79. The molecular formula is C19H19N5O3S. The number of amides is 2. The molecule has 1 fully saturated rings. The van der Waals surface area contributed by atoms with Gasteiger partial charge in [-0.1, -0.05) is 12.1 Å². The zero-order valence-corrected chi connectivity index (χ0v) is 15.9. The van der Waals surface area contributed by atoms with Crippen molar-refractivity contribution in [2.24, 2.45) is 5.92 Å². The van der Waals surface area contributed by atoms with Crippen molar-refractivity contribution in [2.45, 2.75) is 19.4 Å². The van der Waals surface area contributed by atoms with Gasteiger partial charge >= 0.3 is 0 Å². The van der Waals surface area contributed by atoms with Crippen LogP contribution in [0.25, 0.3) is 10.9 Å². The molecule has 8 nitrogen and oxygen atoms in total. The van der Waals surface area contributed by atoms with Gasteiger partial charge in [0.2, 0.25) is 11.8 Å². The summed E-state index contributed by atoms with van der Waals surface area (Å²) < 4.78 is 1.34. The number of likely N-dealkylation sites (tertiary alicyclic amines) is 1. The number of nitrogens with zero attached hydrogens (tertiary/aromatic N) is 4. The molecule has 0 saturated carbocycles. The number of para-hydroxylation sites is 1. The van der Waals surface area contributed by atoms with Crippen LogP contribution in [0.1, 0.15) is 12.8 Å². The van der Waals surface area contributed by atoms with Crippen LogP contribution < -0.4 is 10.9 Å². The van der Waals surface area contributed by atoms with E-state index in [0.29, 0.717) is 42.0 Å². The lowest BCUT2D eigenvalue weighted by Crippen LogP contribution is -2.43. The second-order valence-corrected chi connectivity index (χ2v) is 7.57. The number of aromatic nitrogens is 3. The molecule has 0 unspecified atom stereocenters. The first kappa shape index (κ1) is 18.3. The summed E-state index contributed by atoms with van der Waals surface area (Å²) in [6.07, 6.45) is 4.24. The number of fused-ring (bicyclic) bond motifs is 1. The Bertz CT molecular complexity index is 1050. The lowest BCUT2D eigenvalue weighted by molar-refractivity contribution is -0.135. The number of hydrogen-bond acceptors (Lipinski definition) is 6. The second kappa shape index (κ2) is 7.89. The van der Waals surface area contributed by atoms with Crippen LogP contribution in [-0.2, 0) is 16.1 Å². The van der Waals surface area contributed by atoms with E-state index in [1.54, 1.807) is 34.7 Å². The van der Waals surface area contributed by atoms with E-state index in [0.717, 1.165) is 0 Å². The van der Waals surface area contributed by atoms with E-state index in [4.69, 9.17) is 0 Å². The van der Waals surface area contributed by atoms with Gasteiger partial charge in [0.15, 0.2) is 5.13 Å². The Kier molecular flexibility index (Phi) is 5.16. The molecule has 0 spiro atoms. The standard InChI is InChI=1S/C19H19N5O3S/c25-16(11-24-12-21-15-4-2-1-3-14(15)18(24)27)23-8-5-13(6-9-23)17(26)22-19-20-7-10-28-19/h1-4,7,10,12-13H,5-6,8-9,11H2,(H,20,22,26). The Morgan fingerprint density at radius 1 is 1.18 bits per heavy atom. The van der Waals surface area contributed by atoms with E-state index in [1.807, 2.05) is 6.07 Å². The van der Waals surface area contributed by atoms with Gasteiger partial charge in [-0.3, -0.25) is 19.0 Å². The molecule has 1 aliphatic rings. The highest BCUT2D eigenvalue weighted by molar-refractivity contribution is 7.13. The molecule has 1 aliphatic heterocycles. The van der Waals surface area contributed by atoms with Crippen LogP contribution in [0.5, 0.6) is 0 Å². The summed E-state index contributed by atoms with van der Waals surface area (Å²) >= 11 is 1.38. The maximum Gasteiger partial charge on any atom is 0.261 e. The lowest BCUT2D eigenvalue weighted by atomic mass is 9.96. The summed E-state index contributed by atoms with van der Waals surface area (Å²) in [6, 6.07) is 7.07. The van der Waals surface area contributed by atoms with E-state index in [-0.39, 0.29) is 29.8 Å². The minimum absolute atomic E-state index is 0.0490. The van der Waals surface area contributed by atoms with Crippen molar-refractivity contribution in [3.05, 3.63) is 52.5 Å². The smallest absolute Gasteiger partial charge is 0.261 e. The molecule has 0 radical (unpaired) electrons. The number of benzene rings is 1. The van der Waals surface area contributed by atoms with Crippen LogP contribution in [0.4, 0.5) is 5.13 Å². The highest BCUT2D eigenvalue weighted by Gasteiger charge is 2.28. The van der Waals surface area contributed by atoms with E-state index >= 15 is 0 Å². The van der Waals surface area contributed by atoms with Crippen LogP contribution in [0.3, 0.4) is 0 Å². The fraction of sp³-hybridized carbons (Fsp3) is 0.316. The summed E-state index contributed by atoms with van der Waals surface area (Å²) in [6.45, 7) is 0.932. The molecule has 3 aromatic rings. The van der Waals surface area contributed by atoms with E-state index in [1.165, 1.54) is 22.2 Å². The Balaban J connectivity index is 1.36. The highest BCUT2D eigenvalue weighted by atomic mass is 32.1. The molecule has 1 aromatic carbocycles. The average molecular weight is 397 g/mol. The number of carbonyl (C=O) groups is 2. The third-order valence-electron chi connectivity index (χ3n) is 4.92. The Morgan fingerprint density at radius 3 is 2.71 bits per heavy atom. The maximum absolute atomic E-state index is 12.6. The van der Waals surface area contributed by atoms with E-state index in [2.05, 4.69) is 15.3 Å². The van der Waals surface area contributed by atoms with Gasteiger partial charge in [0.25, 0.3) is 5.56 Å². The molecule has 0 aliphatic carbocycles. The normalized spacial score (nSPS) is 14.9. The Morgan fingerprint density at radius 2 is 1.96 bits per heavy atom. The molecule has 0 atom stereocenters. The molecule has 1 N–H and O–H groups in total. The fourth-order valence-corrected chi connectivity index (χ4v) is 3.88. The molecule has 144 valence electrons. The molecule has 28 heavy (non-hydrogen) atoms. The summed E-state index contributed by atoms with van der Waals surface area (Å²) in [5, 5.41) is 5.70. The van der Waals surface area contributed by atoms with Gasteiger partial charge in [-0.25, -0.2) is 9.97 Å². The van der Waals surface area contributed by atoms with Gasteiger partial charge in [0, 0.05) is 30.6 Å². The quantitative estimate of drug-likeness (QED) is 0.723. The van der Waals surface area contributed by atoms with Gasteiger partial charge in [-0.05, 0) is 25.0 Å². The predicted molar refractivity (Wildman–Crippen MR) is 106 cm³/mol. The minimum Gasteiger partial charge on any atom is -0.341 e. The van der Waals surface area contributed by atoms with Crippen LogP contribution in [-0.4, -0.2) is 44.3 Å². The molecule has 2 amide bonds. The predicted octanol–water partition coefficient (Wildman–Crippen LogP) is 1.73. The zero-order valence-electron chi connectivity index (χ0n) is 15.1. The number of nitrogens with one attached hydrogen (secondary N) is 1. The van der Waals surface area contributed by atoms with Crippen molar-refractivity contribution in [1.29, 1.82) is 0 Å². The third-order valence-corrected chi connectivity index (χ3v) is 5.61. The summed E-state index contributed by atoms with van der Waals surface area (Å²) in [4.78, 5) is 47.5. The number of thiazole rings is 1. The molecule has 2 aromatic heterocycles.